The Morgan fingerprint density at radius 3 is 1.89 bits per heavy atom. The van der Waals surface area contributed by atoms with Crippen molar-refractivity contribution in [1.82, 2.24) is 0 Å². The highest BCUT2D eigenvalue weighted by atomic mass is 16.6. The lowest BCUT2D eigenvalue weighted by Crippen LogP contribution is -2.43. The second kappa shape index (κ2) is 5.73. The van der Waals surface area contributed by atoms with E-state index in [9.17, 15) is 24.3 Å². The standard InChI is InChI=1S/C22H16O6/c1-10-8-11(2)15(12(3)9-10)17(23)16-18(24)21(27)28-22(16)19(25)13-6-4-5-7-14(13)20(22)26/h4-9,23H,1-3H3. The van der Waals surface area contributed by atoms with Crippen LogP contribution in [-0.4, -0.2) is 34.0 Å². The maximum Gasteiger partial charge on any atom is 0.381 e. The molecule has 0 unspecified atom stereocenters. The van der Waals surface area contributed by atoms with Gasteiger partial charge in [0.05, 0.1) is 0 Å². The van der Waals surface area contributed by atoms with Crippen molar-refractivity contribution in [2.75, 3.05) is 0 Å². The van der Waals surface area contributed by atoms with Gasteiger partial charge >= 0.3 is 5.97 Å². The smallest absolute Gasteiger partial charge is 0.381 e. The third-order valence-electron chi connectivity index (χ3n) is 5.22. The van der Waals surface area contributed by atoms with Crippen LogP contribution in [0, 0.1) is 20.8 Å². The van der Waals surface area contributed by atoms with Gasteiger partial charge in [0.2, 0.25) is 11.6 Å². The summed E-state index contributed by atoms with van der Waals surface area (Å²) >= 11 is 0. The summed E-state index contributed by atoms with van der Waals surface area (Å²) in [5.74, 6) is -4.75. The van der Waals surface area contributed by atoms with Gasteiger partial charge in [0.25, 0.3) is 11.4 Å². The fourth-order valence-electron chi connectivity index (χ4n) is 4.13. The number of ketones is 3. The van der Waals surface area contributed by atoms with Crippen LogP contribution in [0.3, 0.4) is 0 Å². The van der Waals surface area contributed by atoms with Gasteiger partial charge in [-0.3, -0.25) is 14.4 Å². The Bertz CT molecular complexity index is 1090. The van der Waals surface area contributed by atoms with Gasteiger partial charge in [-0.2, -0.15) is 0 Å². The molecule has 1 aliphatic carbocycles. The van der Waals surface area contributed by atoms with Crippen LogP contribution in [-0.2, 0) is 14.3 Å². The predicted molar refractivity (Wildman–Crippen MR) is 99.1 cm³/mol. The molecule has 6 heteroatoms. The van der Waals surface area contributed by atoms with Crippen molar-refractivity contribution < 1.29 is 29.0 Å². The first-order valence-corrected chi connectivity index (χ1v) is 8.68. The largest absolute Gasteiger partial charge is 0.507 e. The molecule has 6 nitrogen and oxygen atoms in total. The number of esters is 1. The minimum absolute atomic E-state index is 0.0534. The van der Waals surface area contributed by atoms with E-state index in [1.807, 2.05) is 6.92 Å². The molecule has 28 heavy (non-hydrogen) atoms. The summed E-state index contributed by atoms with van der Waals surface area (Å²) in [5, 5.41) is 11.0. The van der Waals surface area contributed by atoms with E-state index < -0.39 is 40.3 Å². The Labute approximate surface area is 160 Å². The number of aliphatic hydroxyl groups excluding tert-OH is 1. The van der Waals surface area contributed by atoms with Crippen molar-refractivity contribution in [3.05, 3.63) is 75.4 Å². The number of hydrogen-bond donors (Lipinski definition) is 1. The van der Waals surface area contributed by atoms with E-state index in [2.05, 4.69) is 0 Å². The number of carbonyl (C=O) groups is 4. The summed E-state index contributed by atoms with van der Waals surface area (Å²) in [6.07, 6.45) is 0. The number of carbonyl (C=O) groups excluding carboxylic acids is 4. The Morgan fingerprint density at radius 1 is 0.893 bits per heavy atom. The highest BCUT2D eigenvalue weighted by Crippen LogP contribution is 2.45. The summed E-state index contributed by atoms with van der Waals surface area (Å²) < 4.78 is 5.08. The lowest BCUT2D eigenvalue weighted by molar-refractivity contribution is -0.149. The zero-order valence-electron chi connectivity index (χ0n) is 15.5. The van der Waals surface area contributed by atoms with Crippen LogP contribution in [0.25, 0.3) is 5.76 Å². The van der Waals surface area contributed by atoms with Gasteiger partial charge in [-0.25, -0.2) is 4.79 Å². The average Bonchev–Trinajstić information content (AvgIpc) is 3.01. The summed E-state index contributed by atoms with van der Waals surface area (Å²) in [5.41, 5.74) is -0.458. The summed E-state index contributed by atoms with van der Waals surface area (Å²) in [6, 6.07) is 9.58. The van der Waals surface area contributed by atoms with Crippen molar-refractivity contribution in [1.29, 1.82) is 0 Å². The Hall–Kier alpha value is -3.54. The number of ether oxygens (including phenoxy) is 1. The van der Waals surface area contributed by atoms with Gasteiger partial charge in [0.15, 0.2) is 0 Å². The van der Waals surface area contributed by atoms with Crippen LogP contribution >= 0.6 is 0 Å². The number of aryl methyl sites for hydroxylation is 3. The molecular formula is C22H16O6. The highest BCUT2D eigenvalue weighted by Gasteiger charge is 2.67. The molecule has 0 amide bonds. The lowest BCUT2D eigenvalue weighted by Gasteiger charge is -2.21. The van der Waals surface area contributed by atoms with Crippen LogP contribution in [0.4, 0.5) is 0 Å². The van der Waals surface area contributed by atoms with Gasteiger partial charge in [0.1, 0.15) is 11.3 Å². The van der Waals surface area contributed by atoms with Crippen LogP contribution in [0.15, 0.2) is 42.0 Å². The van der Waals surface area contributed by atoms with Gasteiger partial charge in [-0.15, -0.1) is 0 Å². The van der Waals surface area contributed by atoms with Crippen molar-refractivity contribution in [2.45, 2.75) is 26.4 Å². The molecule has 0 bridgehead atoms. The van der Waals surface area contributed by atoms with E-state index in [4.69, 9.17) is 4.74 Å². The van der Waals surface area contributed by atoms with E-state index in [1.165, 1.54) is 12.1 Å². The molecule has 140 valence electrons. The molecule has 0 radical (unpaired) electrons. The maximum absolute atomic E-state index is 13.1. The number of Topliss-reactive ketones (excluding diaryl/α,β-unsaturated/α-hetero) is 3. The van der Waals surface area contributed by atoms with E-state index in [0.29, 0.717) is 16.7 Å². The zero-order valence-corrected chi connectivity index (χ0v) is 15.5. The van der Waals surface area contributed by atoms with Crippen molar-refractivity contribution in [2.24, 2.45) is 0 Å². The number of benzene rings is 2. The van der Waals surface area contributed by atoms with E-state index >= 15 is 0 Å². The minimum Gasteiger partial charge on any atom is -0.507 e. The minimum atomic E-state index is -2.47. The van der Waals surface area contributed by atoms with Gasteiger partial charge in [-0.1, -0.05) is 42.0 Å². The zero-order chi connectivity index (χ0) is 20.4. The second-order valence-corrected chi connectivity index (χ2v) is 7.10. The number of rotatable bonds is 1. The van der Waals surface area contributed by atoms with E-state index in [-0.39, 0.29) is 11.1 Å². The monoisotopic (exact) mass is 376 g/mol. The van der Waals surface area contributed by atoms with Crippen LogP contribution in [0.5, 0.6) is 0 Å². The fraction of sp³-hybridized carbons (Fsp3) is 0.182. The van der Waals surface area contributed by atoms with Crippen LogP contribution < -0.4 is 0 Å². The van der Waals surface area contributed by atoms with Crippen LogP contribution in [0.2, 0.25) is 0 Å². The molecule has 0 saturated carbocycles. The first kappa shape index (κ1) is 17.9. The quantitative estimate of drug-likeness (QED) is 0.270. The molecule has 1 fully saturated rings. The van der Waals surface area contributed by atoms with Crippen molar-refractivity contribution in [3.63, 3.8) is 0 Å². The molecule has 0 atom stereocenters. The number of aliphatic hydroxyl groups is 1. The third kappa shape index (κ3) is 2.08. The lowest BCUT2D eigenvalue weighted by atomic mass is 9.84. The third-order valence-corrected chi connectivity index (χ3v) is 5.22. The first-order valence-electron chi connectivity index (χ1n) is 8.68. The molecule has 4 rings (SSSR count). The number of hydrogen-bond acceptors (Lipinski definition) is 6. The van der Waals surface area contributed by atoms with Gasteiger partial charge < -0.3 is 9.84 Å². The molecule has 1 spiro atoms. The normalized spacial score (nSPS) is 19.2. The Kier molecular flexibility index (Phi) is 3.65. The molecule has 2 aromatic carbocycles. The molecule has 1 aliphatic heterocycles. The van der Waals surface area contributed by atoms with Crippen molar-refractivity contribution in [3.8, 4) is 0 Å². The summed E-state index contributed by atoms with van der Waals surface area (Å²) in [7, 11) is 0. The molecule has 1 N–H and O–H groups in total. The molecule has 1 heterocycles. The summed E-state index contributed by atoms with van der Waals surface area (Å²) in [6.45, 7) is 5.34. The SMILES string of the molecule is Cc1cc(C)c(C(O)=C2C(=O)C(=O)OC23C(=O)c2ccccc2C3=O)c(C)c1. The Balaban J connectivity index is 2.05. The average molecular weight is 376 g/mol. The molecule has 0 aromatic heterocycles. The maximum atomic E-state index is 13.1. The molecular weight excluding hydrogens is 360 g/mol. The first-order chi connectivity index (χ1) is 13.2. The predicted octanol–water partition coefficient (Wildman–Crippen LogP) is 2.82. The molecule has 2 aliphatic rings. The summed E-state index contributed by atoms with van der Waals surface area (Å²) in [4.78, 5) is 50.9. The van der Waals surface area contributed by atoms with Gasteiger partial charge in [-0.05, 0) is 31.9 Å². The van der Waals surface area contributed by atoms with Gasteiger partial charge in [0, 0.05) is 16.7 Å². The topological polar surface area (TPSA) is 97.7 Å². The highest BCUT2D eigenvalue weighted by molar-refractivity contribution is 6.52. The molecule has 1 saturated heterocycles. The van der Waals surface area contributed by atoms with E-state index in [0.717, 1.165) is 5.56 Å². The second-order valence-electron chi connectivity index (χ2n) is 7.10. The number of fused-ring (bicyclic) bond motifs is 1. The van der Waals surface area contributed by atoms with E-state index in [1.54, 1.807) is 38.1 Å². The molecule has 2 aromatic rings. The fourth-order valence-corrected chi connectivity index (χ4v) is 4.13. The van der Waals surface area contributed by atoms with Crippen LogP contribution in [0.1, 0.15) is 43.0 Å². The Morgan fingerprint density at radius 2 is 1.39 bits per heavy atom. The van der Waals surface area contributed by atoms with Crippen molar-refractivity contribution >= 4 is 29.1 Å².